The molecule has 100 valence electrons. The van der Waals surface area contributed by atoms with Crippen LogP contribution >= 0.6 is 0 Å². The van der Waals surface area contributed by atoms with Gasteiger partial charge in [0.25, 0.3) is 0 Å². The molecular formula is C16H25NO. The maximum Gasteiger partial charge on any atom is 0.0648 e. The van der Waals surface area contributed by atoms with Crippen molar-refractivity contribution in [3.8, 4) is 0 Å². The largest absolute Gasteiger partial charge is 0.392 e. The van der Waals surface area contributed by atoms with Gasteiger partial charge in [-0.15, -0.1) is 0 Å². The van der Waals surface area contributed by atoms with Crippen molar-refractivity contribution in [2.24, 2.45) is 11.7 Å². The van der Waals surface area contributed by atoms with Crippen LogP contribution in [-0.4, -0.2) is 17.8 Å². The molecule has 0 aromatic heterocycles. The Hall–Kier alpha value is -0.860. The molecule has 1 fully saturated rings. The van der Waals surface area contributed by atoms with Gasteiger partial charge in [-0.2, -0.15) is 0 Å². The number of aliphatic hydroxyl groups excluding tert-OH is 1. The first-order valence-corrected chi connectivity index (χ1v) is 7.17. The van der Waals surface area contributed by atoms with Crippen LogP contribution in [0.25, 0.3) is 0 Å². The molecule has 18 heavy (non-hydrogen) atoms. The third-order valence-corrected chi connectivity index (χ3v) is 4.30. The van der Waals surface area contributed by atoms with Gasteiger partial charge in [0.2, 0.25) is 0 Å². The maximum atomic E-state index is 10.6. The van der Waals surface area contributed by atoms with Crippen molar-refractivity contribution in [1.29, 1.82) is 0 Å². The third-order valence-electron chi connectivity index (χ3n) is 4.30. The van der Waals surface area contributed by atoms with E-state index in [0.717, 1.165) is 12.8 Å². The van der Waals surface area contributed by atoms with Crippen molar-refractivity contribution in [1.82, 2.24) is 0 Å². The molecule has 2 heteroatoms. The van der Waals surface area contributed by atoms with Crippen LogP contribution in [0.3, 0.4) is 0 Å². The smallest absolute Gasteiger partial charge is 0.0648 e. The highest BCUT2D eigenvalue weighted by Crippen LogP contribution is 2.33. The van der Waals surface area contributed by atoms with E-state index in [-0.39, 0.29) is 12.0 Å². The van der Waals surface area contributed by atoms with Crippen LogP contribution in [0.4, 0.5) is 0 Å². The molecule has 0 saturated heterocycles. The molecule has 1 aliphatic rings. The molecule has 0 radical (unpaired) electrons. The Morgan fingerprint density at radius 1 is 1.17 bits per heavy atom. The first kappa shape index (κ1) is 13.6. The molecule has 0 bridgehead atoms. The Kier molecular flexibility index (Phi) is 4.79. The standard InChI is InChI=1S/C16H25NO/c1-12-7-9-13(10-8-12)15(11-17)16(18)14-5-3-2-4-6-14/h7-10,14-16,18H,2-6,11,17H2,1H3. The lowest BCUT2D eigenvalue weighted by atomic mass is 9.78. The molecule has 0 amide bonds. The minimum atomic E-state index is -0.280. The quantitative estimate of drug-likeness (QED) is 0.859. The number of benzene rings is 1. The third kappa shape index (κ3) is 3.12. The van der Waals surface area contributed by atoms with Gasteiger partial charge >= 0.3 is 0 Å². The van der Waals surface area contributed by atoms with Gasteiger partial charge < -0.3 is 10.8 Å². The molecule has 0 heterocycles. The second-order valence-corrected chi connectivity index (χ2v) is 5.64. The predicted octanol–water partition coefficient (Wildman–Crippen LogP) is 2.98. The fourth-order valence-corrected chi connectivity index (χ4v) is 3.09. The van der Waals surface area contributed by atoms with Crippen LogP contribution in [0.5, 0.6) is 0 Å². The topological polar surface area (TPSA) is 46.2 Å². The second kappa shape index (κ2) is 6.35. The molecule has 0 spiro atoms. The molecular weight excluding hydrogens is 222 g/mol. The molecule has 2 atom stereocenters. The summed E-state index contributed by atoms with van der Waals surface area (Å²) < 4.78 is 0. The van der Waals surface area contributed by atoms with Crippen LogP contribution in [0, 0.1) is 12.8 Å². The van der Waals surface area contributed by atoms with Crippen molar-refractivity contribution >= 4 is 0 Å². The van der Waals surface area contributed by atoms with Crippen LogP contribution in [0.1, 0.15) is 49.1 Å². The highest BCUT2D eigenvalue weighted by molar-refractivity contribution is 5.26. The molecule has 0 aliphatic heterocycles. The Morgan fingerprint density at radius 2 is 1.78 bits per heavy atom. The van der Waals surface area contributed by atoms with Crippen molar-refractivity contribution in [3.63, 3.8) is 0 Å². The van der Waals surface area contributed by atoms with E-state index in [4.69, 9.17) is 5.73 Å². The van der Waals surface area contributed by atoms with Crippen LogP contribution < -0.4 is 5.73 Å². The van der Waals surface area contributed by atoms with E-state index in [1.807, 2.05) is 0 Å². The monoisotopic (exact) mass is 247 g/mol. The van der Waals surface area contributed by atoms with E-state index in [0.29, 0.717) is 12.5 Å². The Bertz CT molecular complexity index is 354. The molecule has 2 rings (SSSR count). The summed E-state index contributed by atoms with van der Waals surface area (Å²) in [5.41, 5.74) is 8.32. The summed E-state index contributed by atoms with van der Waals surface area (Å²) in [6, 6.07) is 8.43. The van der Waals surface area contributed by atoms with Gasteiger partial charge in [0.1, 0.15) is 0 Å². The molecule has 1 aromatic carbocycles. The molecule has 3 N–H and O–H groups in total. The Labute approximate surface area is 110 Å². The number of rotatable bonds is 4. The number of hydrogen-bond acceptors (Lipinski definition) is 2. The number of aliphatic hydroxyl groups is 1. The molecule has 2 nitrogen and oxygen atoms in total. The zero-order chi connectivity index (χ0) is 13.0. The number of nitrogens with two attached hydrogens (primary N) is 1. The summed E-state index contributed by atoms with van der Waals surface area (Å²) in [5.74, 6) is 0.530. The average molecular weight is 247 g/mol. The van der Waals surface area contributed by atoms with Crippen molar-refractivity contribution in [3.05, 3.63) is 35.4 Å². The van der Waals surface area contributed by atoms with Gasteiger partial charge in [0, 0.05) is 12.5 Å². The molecule has 1 saturated carbocycles. The van der Waals surface area contributed by atoms with E-state index >= 15 is 0 Å². The van der Waals surface area contributed by atoms with Crippen LogP contribution in [0.2, 0.25) is 0 Å². The zero-order valence-electron chi connectivity index (χ0n) is 11.3. The predicted molar refractivity (Wildman–Crippen MR) is 75.6 cm³/mol. The Balaban J connectivity index is 2.09. The van der Waals surface area contributed by atoms with Gasteiger partial charge in [-0.3, -0.25) is 0 Å². The summed E-state index contributed by atoms with van der Waals surface area (Å²) in [7, 11) is 0. The van der Waals surface area contributed by atoms with E-state index in [1.54, 1.807) is 0 Å². The summed E-state index contributed by atoms with van der Waals surface area (Å²) in [6.07, 6.45) is 5.87. The summed E-state index contributed by atoms with van der Waals surface area (Å²) in [4.78, 5) is 0. The van der Waals surface area contributed by atoms with E-state index in [9.17, 15) is 5.11 Å². The minimum absolute atomic E-state index is 0.0914. The first-order valence-electron chi connectivity index (χ1n) is 7.17. The van der Waals surface area contributed by atoms with Gasteiger partial charge in [0.05, 0.1) is 6.10 Å². The first-order chi connectivity index (χ1) is 8.72. The SMILES string of the molecule is Cc1ccc(C(CN)C(O)C2CCCCC2)cc1. The lowest BCUT2D eigenvalue weighted by Gasteiger charge is -2.32. The number of hydrogen-bond donors (Lipinski definition) is 2. The second-order valence-electron chi connectivity index (χ2n) is 5.64. The fourth-order valence-electron chi connectivity index (χ4n) is 3.09. The number of aryl methyl sites for hydroxylation is 1. The van der Waals surface area contributed by atoms with Crippen molar-refractivity contribution in [2.75, 3.05) is 6.54 Å². The van der Waals surface area contributed by atoms with E-state index in [2.05, 4.69) is 31.2 Å². The van der Waals surface area contributed by atoms with Crippen molar-refractivity contribution in [2.45, 2.75) is 51.0 Å². The fraction of sp³-hybridized carbons (Fsp3) is 0.625. The van der Waals surface area contributed by atoms with Gasteiger partial charge in [-0.25, -0.2) is 0 Å². The highest BCUT2D eigenvalue weighted by Gasteiger charge is 2.28. The van der Waals surface area contributed by atoms with Gasteiger partial charge in [-0.1, -0.05) is 49.1 Å². The highest BCUT2D eigenvalue weighted by atomic mass is 16.3. The van der Waals surface area contributed by atoms with Crippen molar-refractivity contribution < 1.29 is 5.11 Å². The molecule has 1 aromatic rings. The average Bonchev–Trinajstić information content (AvgIpc) is 2.42. The summed E-state index contributed by atoms with van der Waals surface area (Å²) in [6.45, 7) is 2.61. The summed E-state index contributed by atoms with van der Waals surface area (Å²) >= 11 is 0. The maximum absolute atomic E-state index is 10.6. The van der Waals surface area contributed by atoms with Crippen LogP contribution in [0.15, 0.2) is 24.3 Å². The van der Waals surface area contributed by atoms with Crippen LogP contribution in [-0.2, 0) is 0 Å². The van der Waals surface area contributed by atoms with E-state index < -0.39 is 0 Å². The normalized spacial score (nSPS) is 20.6. The zero-order valence-corrected chi connectivity index (χ0v) is 11.3. The van der Waals surface area contributed by atoms with E-state index in [1.165, 1.54) is 30.4 Å². The lowest BCUT2D eigenvalue weighted by Crippen LogP contribution is -2.33. The lowest BCUT2D eigenvalue weighted by molar-refractivity contribution is 0.0624. The minimum Gasteiger partial charge on any atom is -0.392 e. The summed E-state index contributed by atoms with van der Waals surface area (Å²) in [5, 5.41) is 10.6. The molecule has 1 aliphatic carbocycles. The molecule has 2 unspecified atom stereocenters. The van der Waals surface area contributed by atoms with Gasteiger partial charge in [0.15, 0.2) is 0 Å². The van der Waals surface area contributed by atoms with Gasteiger partial charge in [-0.05, 0) is 31.2 Å². The Morgan fingerprint density at radius 3 is 2.33 bits per heavy atom.